The summed E-state index contributed by atoms with van der Waals surface area (Å²) >= 11 is 7.06. The van der Waals surface area contributed by atoms with Gasteiger partial charge in [0.25, 0.3) is 0 Å². The predicted molar refractivity (Wildman–Crippen MR) is 98.6 cm³/mol. The van der Waals surface area contributed by atoms with Gasteiger partial charge in [-0.25, -0.2) is 0 Å². The summed E-state index contributed by atoms with van der Waals surface area (Å²) in [5, 5.41) is 4.97. The van der Waals surface area contributed by atoms with E-state index in [4.69, 9.17) is 0 Å². The fourth-order valence-electron chi connectivity index (χ4n) is 1.95. The highest BCUT2D eigenvalue weighted by molar-refractivity contribution is 9.11. The van der Waals surface area contributed by atoms with Crippen molar-refractivity contribution in [1.29, 1.82) is 0 Å². The Balaban J connectivity index is 2.06. The van der Waals surface area contributed by atoms with Crippen LogP contribution in [-0.2, 0) is 6.54 Å². The van der Waals surface area contributed by atoms with Crippen molar-refractivity contribution in [2.24, 2.45) is 0 Å². The van der Waals surface area contributed by atoms with Gasteiger partial charge < -0.3 is 5.32 Å². The van der Waals surface area contributed by atoms with Crippen molar-refractivity contribution in [3.05, 3.63) is 57.0 Å². The summed E-state index contributed by atoms with van der Waals surface area (Å²) in [5.74, 6) is 0. The van der Waals surface area contributed by atoms with E-state index in [1.165, 1.54) is 10.8 Å². The topological polar surface area (TPSA) is 12.0 Å². The van der Waals surface area contributed by atoms with Crippen LogP contribution >= 0.6 is 31.9 Å². The molecule has 1 N–H and O–H groups in total. The molecule has 2 rings (SSSR count). The van der Waals surface area contributed by atoms with Crippen molar-refractivity contribution in [1.82, 2.24) is 0 Å². The van der Waals surface area contributed by atoms with Crippen molar-refractivity contribution in [3.8, 4) is 0 Å². The van der Waals surface area contributed by atoms with Gasteiger partial charge in [-0.05, 0) is 39.7 Å². The third kappa shape index (κ3) is 4.20. The van der Waals surface area contributed by atoms with E-state index in [1.807, 2.05) is 12.1 Å². The molecular formula is C16H19Br2NSi. The summed E-state index contributed by atoms with van der Waals surface area (Å²) in [7, 11) is -1.19. The standard InChI is InChI=1S/C16H19Br2NSi/c1-20(2,3)14-7-4-12(5-8-14)11-19-16-10-13(17)6-9-15(16)18/h4-10,19H,11H2,1-3H3. The zero-order chi connectivity index (χ0) is 14.8. The Hall–Kier alpha value is -0.583. The Labute approximate surface area is 139 Å². The van der Waals surface area contributed by atoms with E-state index in [0.717, 1.165) is 21.2 Å². The van der Waals surface area contributed by atoms with E-state index >= 15 is 0 Å². The average Bonchev–Trinajstić information content (AvgIpc) is 2.39. The minimum absolute atomic E-state index is 0.834. The third-order valence-corrected chi connectivity index (χ3v) is 6.48. The molecular weight excluding hydrogens is 394 g/mol. The number of benzene rings is 2. The molecule has 0 heterocycles. The molecule has 4 heteroatoms. The smallest absolute Gasteiger partial charge is 0.0775 e. The third-order valence-electron chi connectivity index (χ3n) is 3.23. The van der Waals surface area contributed by atoms with Crippen LogP contribution in [0.4, 0.5) is 5.69 Å². The summed E-state index contributed by atoms with van der Waals surface area (Å²) in [4.78, 5) is 0. The normalized spacial score (nSPS) is 11.4. The summed E-state index contributed by atoms with van der Waals surface area (Å²) in [6, 6.07) is 15.2. The zero-order valence-electron chi connectivity index (χ0n) is 12.0. The maximum atomic E-state index is 3.56. The van der Waals surface area contributed by atoms with Crippen molar-refractivity contribution < 1.29 is 0 Å². The molecule has 0 saturated carbocycles. The Morgan fingerprint density at radius 2 is 1.60 bits per heavy atom. The highest BCUT2D eigenvalue weighted by atomic mass is 79.9. The zero-order valence-corrected chi connectivity index (χ0v) is 16.2. The Bertz CT molecular complexity index is 588. The molecule has 106 valence electrons. The van der Waals surface area contributed by atoms with Crippen LogP contribution in [0.15, 0.2) is 51.4 Å². The van der Waals surface area contributed by atoms with Crippen LogP contribution in [0, 0.1) is 0 Å². The van der Waals surface area contributed by atoms with Crippen molar-refractivity contribution >= 4 is 50.8 Å². The maximum absolute atomic E-state index is 3.56. The Kier molecular flexibility index (Phi) is 5.10. The van der Waals surface area contributed by atoms with Gasteiger partial charge in [0.2, 0.25) is 0 Å². The molecule has 0 aliphatic carbocycles. The predicted octanol–water partition coefficient (Wildman–Crippen LogP) is 5.37. The summed E-state index contributed by atoms with van der Waals surface area (Å²) in [5.41, 5.74) is 2.41. The van der Waals surface area contributed by atoms with Gasteiger partial charge in [-0.2, -0.15) is 0 Å². The van der Waals surface area contributed by atoms with Crippen molar-refractivity contribution in [2.45, 2.75) is 26.2 Å². The number of rotatable bonds is 4. The van der Waals surface area contributed by atoms with E-state index in [9.17, 15) is 0 Å². The van der Waals surface area contributed by atoms with E-state index in [-0.39, 0.29) is 0 Å². The fraction of sp³-hybridized carbons (Fsp3) is 0.250. The minimum Gasteiger partial charge on any atom is -0.380 e. The van der Waals surface area contributed by atoms with E-state index in [0.29, 0.717) is 0 Å². The second-order valence-electron chi connectivity index (χ2n) is 5.92. The molecule has 0 bridgehead atoms. The largest absolute Gasteiger partial charge is 0.380 e. The van der Waals surface area contributed by atoms with Gasteiger partial charge in [-0.15, -0.1) is 0 Å². The van der Waals surface area contributed by atoms with E-state index in [2.05, 4.69) is 87.1 Å². The van der Waals surface area contributed by atoms with Crippen LogP contribution in [0.25, 0.3) is 0 Å². The summed E-state index contributed by atoms with van der Waals surface area (Å²) in [6.07, 6.45) is 0. The van der Waals surface area contributed by atoms with Crippen molar-refractivity contribution in [2.75, 3.05) is 5.32 Å². The lowest BCUT2D eigenvalue weighted by molar-refractivity contribution is 1.15. The first-order valence-corrected chi connectivity index (χ1v) is 11.7. The number of halogens is 2. The van der Waals surface area contributed by atoms with Crippen molar-refractivity contribution in [3.63, 3.8) is 0 Å². The molecule has 0 amide bonds. The molecule has 0 atom stereocenters. The van der Waals surface area contributed by atoms with Crippen LogP contribution in [0.3, 0.4) is 0 Å². The first-order valence-electron chi connectivity index (χ1n) is 6.64. The molecule has 0 aliphatic rings. The highest BCUT2D eigenvalue weighted by Gasteiger charge is 2.15. The van der Waals surface area contributed by atoms with Gasteiger partial charge in [0.05, 0.1) is 8.07 Å². The molecule has 20 heavy (non-hydrogen) atoms. The Morgan fingerprint density at radius 1 is 0.950 bits per heavy atom. The first-order chi connectivity index (χ1) is 9.36. The molecule has 1 nitrogen and oxygen atoms in total. The first kappa shape index (κ1) is 15.8. The van der Waals surface area contributed by atoms with Gasteiger partial charge >= 0.3 is 0 Å². The Morgan fingerprint density at radius 3 is 2.20 bits per heavy atom. The molecule has 0 fully saturated rings. The lowest BCUT2D eigenvalue weighted by Crippen LogP contribution is -2.37. The molecule has 0 aliphatic heterocycles. The molecule has 0 saturated heterocycles. The van der Waals surface area contributed by atoms with Gasteiger partial charge in [-0.3, -0.25) is 0 Å². The average molecular weight is 413 g/mol. The molecule has 0 spiro atoms. The van der Waals surface area contributed by atoms with E-state index in [1.54, 1.807) is 0 Å². The molecule has 2 aromatic carbocycles. The van der Waals surface area contributed by atoms with Crippen LogP contribution in [0.2, 0.25) is 19.6 Å². The van der Waals surface area contributed by atoms with Crippen LogP contribution in [-0.4, -0.2) is 8.07 Å². The number of nitrogens with one attached hydrogen (secondary N) is 1. The number of anilines is 1. The highest BCUT2D eigenvalue weighted by Crippen LogP contribution is 2.26. The van der Waals surface area contributed by atoms with Crippen LogP contribution in [0.1, 0.15) is 5.56 Å². The van der Waals surface area contributed by atoms with Gasteiger partial charge in [0.15, 0.2) is 0 Å². The van der Waals surface area contributed by atoms with Crippen LogP contribution in [0.5, 0.6) is 0 Å². The number of hydrogen-bond acceptors (Lipinski definition) is 1. The number of hydrogen-bond donors (Lipinski definition) is 1. The molecule has 0 aromatic heterocycles. The maximum Gasteiger partial charge on any atom is 0.0775 e. The second-order valence-corrected chi connectivity index (χ2v) is 12.8. The van der Waals surface area contributed by atoms with Gasteiger partial charge in [0, 0.05) is 21.2 Å². The van der Waals surface area contributed by atoms with E-state index < -0.39 is 8.07 Å². The van der Waals surface area contributed by atoms with Gasteiger partial charge in [-0.1, -0.05) is 65.0 Å². The lowest BCUT2D eigenvalue weighted by Gasteiger charge is -2.17. The minimum atomic E-state index is -1.19. The molecule has 0 unspecified atom stereocenters. The fourth-order valence-corrected chi connectivity index (χ4v) is 3.87. The quantitative estimate of drug-likeness (QED) is 0.665. The SMILES string of the molecule is C[Si](C)(C)c1ccc(CNc2cc(Br)ccc2Br)cc1. The lowest BCUT2D eigenvalue weighted by atomic mass is 10.2. The molecule has 0 radical (unpaired) electrons. The second kappa shape index (κ2) is 6.46. The summed E-state index contributed by atoms with van der Waals surface area (Å²) in [6.45, 7) is 7.96. The summed E-state index contributed by atoms with van der Waals surface area (Å²) < 4.78 is 2.16. The van der Waals surface area contributed by atoms with Gasteiger partial charge in [0.1, 0.15) is 0 Å². The monoisotopic (exact) mass is 411 g/mol. The molecule has 2 aromatic rings. The van der Waals surface area contributed by atoms with Crippen LogP contribution < -0.4 is 10.5 Å².